The number of rotatable bonds is 7. The molecule has 1 amide bonds. The number of amides is 1. The van der Waals surface area contributed by atoms with E-state index in [1.165, 1.54) is 29.5 Å². The Morgan fingerprint density at radius 3 is 3.00 bits per heavy atom. The SMILES string of the molecule is CC[C@@H]1CCCCN1C(=O)CSc1nnc(NCC(C)C)s1. The summed E-state index contributed by atoms with van der Waals surface area (Å²) in [7, 11) is 0. The second-order valence-electron chi connectivity index (χ2n) is 6.08. The molecule has 1 N–H and O–H groups in total. The minimum Gasteiger partial charge on any atom is -0.360 e. The topological polar surface area (TPSA) is 58.1 Å². The maximum atomic E-state index is 12.4. The van der Waals surface area contributed by atoms with Crippen molar-refractivity contribution in [2.75, 3.05) is 24.2 Å². The number of thioether (sulfide) groups is 1. The number of nitrogens with zero attached hydrogens (tertiary/aromatic N) is 3. The van der Waals surface area contributed by atoms with Crippen molar-refractivity contribution in [2.45, 2.75) is 56.8 Å². The van der Waals surface area contributed by atoms with Crippen molar-refractivity contribution in [1.82, 2.24) is 15.1 Å². The number of hydrogen-bond acceptors (Lipinski definition) is 6. The largest absolute Gasteiger partial charge is 0.360 e. The van der Waals surface area contributed by atoms with Crippen molar-refractivity contribution in [3.8, 4) is 0 Å². The van der Waals surface area contributed by atoms with Crippen LogP contribution in [0.25, 0.3) is 0 Å². The fourth-order valence-corrected chi connectivity index (χ4v) is 4.24. The monoisotopic (exact) mass is 342 g/mol. The summed E-state index contributed by atoms with van der Waals surface area (Å²) in [4.78, 5) is 14.5. The predicted molar refractivity (Wildman–Crippen MR) is 93.6 cm³/mol. The van der Waals surface area contributed by atoms with Crippen LogP contribution in [0.2, 0.25) is 0 Å². The lowest BCUT2D eigenvalue weighted by atomic mass is 10.0. The molecule has 2 rings (SSSR count). The van der Waals surface area contributed by atoms with Crippen molar-refractivity contribution < 1.29 is 4.79 Å². The summed E-state index contributed by atoms with van der Waals surface area (Å²) < 4.78 is 0.865. The van der Waals surface area contributed by atoms with Crippen LogP contribution in [-0.2, 0) is 4.79 Å². The molecule has 1 atom stereocenters. The van der Waals surface area contributed by atoms with Gasteiger partial charge in [-0.3, -0.25) is 4.79 Å². The molecule has 1 aliphatic heterocycles. The Kier molecular flexibility index (Phi) is 6.95. The van der Waals surface area contributed by atoms with Crippen LogP contribution in [0, 0.1) is 5.92 Å². The molecule has 1 aromatic rings. The first kappa shape index (κ1) is 17.5. The van der Waals surface area contributed by atoms with E-state index in [2.05, 4.69) is 41.2 Å². The van der Waals surface area contributed by atoms with Crippen LogP contribution in [0.15, 0.2) is 4.34 Å². The van der Waals surface area contributed by atoms with Gasteiger partial charge in [0, 0.05) is 19.1 Å². The quantitative estimate of drug-likeness (QED) is 0.769. The lowest BCUT2D eigenvalue weighted by Gasteiger charge is -2.35. The van der Waals surface area contributed by atoms with Crippen LogP contribution >= 0.6 is 23.1 Å². The van der Waals surface area contributed by atoms with E-state index in [1.807, 2.05) is 0 Å². The molecule has 7 heteroatoms. The lowest BCUT2D eigenvalue weighted by Crippen LogP contribution is -2.44. The molecule has 1 aliphatic rings. The maximum absolute atomic E-state index is 12.4. The van der Waals surface area contributed by atoms with Gasteiger partial charge in [0.05, 0.1) is 5.75 Å². The Labute approximate surface area is 141 Å². The summed E-state index contributed by atoms with van der Waals surface area (Å²) in [5, 5.41) is 12.4. The van der Waals surface area contributed by atoms with Crippen LogP contribution in [0.5, 0.6) is 0 Å². The molecule has 22 heavy (non-hydrogen) atoms. The van der Waals surface area contributed by atoms with Gasteiger partial charge in [0.1, 0.15) is 0 Å². The van der Waals surface area contributed by atoms with Gasteiger partial charge in [-0.15, -0.1) is 10.2 Å². The van der Waals surface area contributed by atoms with Gasteiger partial charge in [-0.2, -0.15) is 0 Å². The summed E-state index contributed by atoms with van der Waals surface area (Å²) in [6, 6.07) is 0.430. The normalized spacial score (nSPS) is 18.7. The van der Waals surface area contributed by atoms with Gasteiger partial charge < -0.3 is 10.2 Å². The molecule has 0 bridgehead atoms. The van der Waals surface area contributed by atoms with Gasteiger partial charge in [-0.05, 0) is 31.6 Å². The third-order valence-electron chi connectivity index (χ3n) is 3.81. The van der Waals surface area contributed by atoms with Crippen LogP contribution in [-0.4, -0.2) is 45.9 Å². The highest BCUT2D eigenvalue weighted by molar-refractivity contribution is 8.01. The summed E-state index contributed by atoms with van der Waals surface area (Å²) in [5.41, 5.74) is 0. The third kappa shape index (κ3) is 5.12. The zero-order valence-corrected chi connectivity index (χ0v) is 15.3. The van der Waals surface area contributed by atoms with Crippen molar-refractivity contribution in [3.63, 3.8) is 0 Å². The summed E-state index contributed by atoms with van der Waals surface area (Å²) in [6.07, 6.45) is 4.58. The van der Waals surface area contributed by atoms with Crippen LogP contribution < -0.4 is 5.32 Å². The fourth-order valence-electron chi connectivity index (χ4n) is 2.59. The second-order valence-corrected chi connectivity index (χ2v) is 8.28. The molecule has 124 valence electrons. The van der Waals surface area contributed by atoms with Crippen LogP contribution in [0.3, 0.4) is 0 Å². The highest BCUT2D eigenvalue weighted by atomic mass is 32.2. The first-order valence-corrected chi connectivity index (χ1v) is 9.90. The number of carbonyl (C=O) groups excluding carboxylic acids is 1. The first-order chi connectivity index (χ1) is 10.6. The Bertz CT molecular complexity index is 478. The zero-order chi connectivity index (χ0) is 15.9. The molecule has 1 fully saturated rings. The molecule has 2 heterocycles. The predicted octanol–water partition coefficient (Wildman–Crippen LogP) is 3.49. The van der Waals surface area contributed by atoms with E-state index < -0.39 is 0 Å². The highest BCUT2D eigenvalue weighted by Crippen LogP contribution is 2.27. The number of carbonyl (C=O) groups is 1. The standard InChI is InChI=1S/C15H26N4OS2/c1-4-12-7-5-6-8-19(12)13(20)10-21-15-18-17-14(22-15)16-9-11(2)3/h11-12H,4-10H2,1-3H3,(H,16,17)/t12-/m1/s1. The van der Waals surface area contributed by atoms with Gasteiger partial charge in [0.2, 0.25) is 11.0 Å². The molecule has 1 aromatic heterocycles. The Morgan fingerprint density at radius 1 is 1.45 bits per heavy atom. The molecule has 0 unspecified atom stereocenters. The Balaban J connectivity index is 1.80. The van der Waals surface area contributed by atoms with E-state index in [0.717, 1.165) is 41.8 Å². The van der Waals surface area contributed by atoms with E-state index >= 15 is 0 Å². The number of likely N-dealkylation sites (tertiary alicyclic amines) is 1. The number of piperidine rings is 1. The number of anilines is 1. The molecule has 0 radical (unpaired) electrons. The number of nitrogens with one attached hydrogen (secondary N) is 1. The van der Waals surface area contributed by atoms with Crippen molar-refractivity contribution in [3.05, 3.63) is 0 Å². The molecule has 5 nitrogen and oxygen atoms in total. The van der Waals surface area contributed by atoms with E-state index in [1.54, 1.807) is 0 Å². The molecule has 0 saturated carbocycles. The average Bonchev–Trinajstić information content (AvgIpc) is 2.98. The van der Waals surface area contributed by atoms with E-state index in [4.69, 9.17) is 0 Å². The summed E-state index contributed by atoms with van der Waals surface area (Å²) in [6.45, 7) is 8.29. The first-order valence-electron chi connectivity index (χ1n) is 8.09. The smallest absolute Gasteiger partial charge is 0.233 e. The molecular formula is C15H26N4OS2. The highest BCUT2D eigenvalue weighted by Gasteiger charge is 2.25. The second kappa shape index (κ2) is 8.72. The Hall–Kier alpha value is -0.820. The maximum Gasteiger partial charge on any atom is 0.233 e. The van der Waals surface area contributed by atoms with Crippen LogP contribution in [0.1, 0.15) is 46.5 Å². The average molecular weight is 343 g/mol. The minimum absolute atomic E-state index is 0.239. The van der Waals surface area contributed by atoms with Crippen molar-refractivity contribution in [2.24, 2.45) is 5.92 Å². The zero-order valence-electron chi connectivity index (χ0n) is 13.7. The van der Waals surface area contributed by atoms with E-state index in [0.29, 0.717) is 17.7 Å². The molecule has 1 saturated heterocycles. The summed E-state index contributed by atoms with van der Waals surface area (Å²) in [5.74, 6) is 1.28. The van der Waals surface area contributed by atoms with Crippen LogP contribution in [0.4, 0.5) is 5.13 Å². The van der Waals surface area contributed by atoms with Gasteiger partial charge in [0.25, 0.3) is 0 Å². The van der Waals surface area contributed by atoms with E-state index in [9.17, 15) is 4.79 Å². The lowest BCUT2D eigenvalue weighted by molar-refractivity contribution is -0.132. The molecule has 0 spiro atoms. The number of hydrogen-bond donors (Lipinski definition) is 1. The van der Waals surface area contributed by atoms with Crippen molar-refractivity contribution >= 4 is 34.1 Å². The summed E-state index contributed by atoms with van der Waals surface area (Å²) >= 11 is 3.03. The van der Waals surface area contributed by atoms with Gasteiger partial charge in [0.15, 0.2) is 4.34 Å². The molecule has 0 aromatic carbocycles. The fraction of sp³-hybridized carbons (Fsp3) is 0.800. The molecule has 0 aliphatic carbocycles. The van der Waals surface area contributed by atoms with E-state index in [-0.39, 0.29) is 5.91 Å². The van der Waals surface area contributed by atoms with Gasteiger partial charge in [-0.1, -0.05) is 43.9 Å². The molecular weight excluding hydrogens is 316 g/mol. The van der Waals surface area contributed by atoms with Crippen molar-refractivity contribution in [1.29, 1.82) is 0 Å². The van der Waals surface area contributed by atoms with Gasteiger partial charge >= 0.3 is 0 Å². The number of aromatic nitrogens is 2. The Morgan fingerprint density at radius 2 is 2.27 bits per heavy atom. The minimum atomic E-state index is 0.239. The van der Waals surface area contributed by atoms with Gasteiger partial charge in [-0.25, -0.2) is 0 Å². The third-order valence-corrected chi connectivity index (χ3v) is 5.80.